The second-order valence-electron chi connectivity index (χ2n) is 4.53. The molecule has 3 nitrogen and oxygen atoms in total. The van der Waals surface area contributed by atoms with Crippen molar-refractivity contribution < 1.29 is 9.53 Å². The highest BCUT2D eigenvalue weighted by atomic mass is 35.5. The van der Waals surface area contributed by atoms with Gasteiger partial charge in [0.2, 0.25) is 5.91 Å². The first-order valence-electron chi connectivity index (χ1n) is 5.13. The molecule has 2 rings (SSSR count). The minimum atomic E-state index is -0.291. The predicted molar refractivity (Wildman–Crippen MR) is 54.3 cm³/mol. The molecule has 1 aliphatic heterocycles. The van der Waals surface area contributed by atoms with Crippen molar-refractivity contribution in [2.24, 2.45) is 11.8 Å². The summed E-state index contributed by atoms with van der Waals surface area (Å²) in [6, 6.07) is 0. The smallest absolute Gasteiger partial charge is 0.223 e. The van der Waals surface area contributed by atoms with E-state index in [1.54, 1.807) is 0 Å². The number of carbonyl (C=O) groups is 1. The van der Waals surface area contributed by atoms with E-state index in [0.29, 0.717) is 25.0 Å². The Balaban J connectivity index is 1.91. The summed E-state index contributed by atoms with van der Waals surface area (Å²) in [5.74, 6) is 1.36. The van der Waals surface area contributed by atoms with Crippen LogP contribution in [0.4, 0.5) is 0 Å². The number of hydrogen-bond donors (Lipinski definition) is 1. The summed E-state index contributed by atoms with van der Waals surface area (Å²) in [4.78, 5) is 11.7. The fourth-order valence-corrected chi connectivity index (χ4v) is 2.16. The van der Waals surface area contributed by atoms with E-state index in [0.717, 1.165) is 12.8 Å². The Morgan fingerprint density at radius 1 is 1.71 bits per heavy atom. The van der Waals surface area contributed by atoms with Crippen LogP contribution in [0.5, 0.6) is 0 Å². The molecule has 1 aliphatic carbocycles. The minimum Gasteiger partial charge on any atom is -0.379 e. The molecule has 14 heavy (non-hydrogen) atoms. The van der Waals surface area contributed by atoms with Crippen molar-refractivity contribution in [3.63, 3.8) is 0 Å². The average Bonchev–Trinajstić information content (AvgIpc) is 2.74. The maximum atomic E-state index is 11.7. The standard InChI is InChI=1S/C10H16ClNO2/c1-7-4-8(7)9(13)12-10(5-11)2-3-14-6-10/h7-8H,2-6H2,1H3,(H,12,13). The van der Waals surface area contributed by atoms with E-state index in [1.165, 1.54) is 0 Å². The highest BCUT2D eigenvalue weighted by molar-refractivity contribution is 6.18. The van der Waals surface area contributed by atoms with Crippen LogP contribution < -0.4 is 5.32 Å². The number of rotatable bonds is 3. The number of halogens is 1. The van der Waals surface area contributed by atoms with Gasteiger partial charge in [-0.25, -0.2) is 0 Å². The number of hydrogen-bond acceptors (Lipinski definition) is 2. The van der Waals surface area contributed by atoms with Gasteiger partial charge in [-0.05, 0) is 18.8 Å². The summed E-state index contributed by atoms with van der Waals surface area (Å²) in [6.07, 6.45) is 1.86. The van der Waals surface area contributed by atoms with Gasteiger partial charge >= 0.3 is 0 Å². The minimum absolute atomic E-state index is 0.156. The molecular weight excluding hydrogens is 202 g/mol. The normalized spacial score (nSPS) is 41.0. The lowest BCUT2D eigenvalue weighted by Gasteiger charge is -2.26. The molecule has 1 saturated heterocycles. The zero-order chi connectivity index (χ0) is 10.2. The molecule has 1 saturated carbocycles. The zero-order valence-electron chi connectivity index (χ0n) is 8.38. The molecule has 0 aromatic rings. The largest absolute Gasteiger partial charge is 0.379 e. The summed E-state index contributed by atoms with van der Waals surface area (Å²) >= 11 is 5.88. The Hall–Kier alpha value is -0.280. The zero-order valence-corrected chi connectivity index (χ0v) is 9.14. The molecule has 4 heteroatoms. The van der Waals surface area contributed by atoms with E-state index < -0.39 is 0 Å². The van der Waals surface area contributed by atoms with Crippen LogP contribution in [0.1, 0.15) is 19.8 Å². The van der Waals surface area contributed by atoms with Crippen LogP contribution in [0, 0.1) is 11.8 Å². The first-order chi connectivity index (χ1) is 6.67. The molecule has 2 aliphatic rings. The summed E-state index contributed by atoms with van der Waals surface area (Å²) in [7, 11) is 0. The molecule has 0 aromatic heterocycles. The highest BCUT2D eigenvalue weighted by Gasteiger charge is 2.43. The van der Waals surface area contributed by atoms with Crippen molar-refractivity contribution in [1.29, 1.82) is 0 Å². The topological polar surface area (TPSA) is 38.3 Å². The van der Waals surface area contributed by atoms with Gasteiger partial charge in [-0.3, -0.25) is 4.79 Å². The molecule has 3 atom stereocenters. The highest BCUT2D eigenvalue weighted by Crippen LogP contribution is 2.38. The average molecular weight is 218 g/mol. The van der Waals surface area contributed by atoms with Gasteiger partial charge in [0.05, 0.1) is 12.1 Å². The molecule has 1 heterocycles. The molecule has 80 valence electrons. The maximum Gasteiger partial charge on any atom is 0.223 e. The molecule has 0 aromatic carbocycles. The van der Waals surface area contributed by atoms with Gasteiger partial charge in [-0.15, -0.1) is 11.6 Å². The van der Waals surface area contributed by atoms with Crippen molar-refractivity contribution in [2.45, 2.75) is 25.3 Å². The predicted octanol–water partition coefficient (Wildman–Crippen LogP) is 1.16. The fourth-order valence-electron chi connectivity index (χ4n) is 1.89. The molecule has 0 spiro atoms. The molecule has 0 bridgehead atoms. The van der Waals surface area contributed by atoms with E-state index in [4.69, 9.17) is 16.3 Å². The third-order valence-electron chi connectivity index (χ3n) is 3.19. The number of nitrogens with one attached hydrogen (secondary N) is 1. The van der Waals surface area contributed by atoms with Crippen LogP contribution in [-0.4, -0.2) is 30.5 Å². The van der Waals surface area contributed by atoms with E-state index >= 15 is 0 Å². The number of ether oxygens (including phenoxy) is 1. The Kier molecular flexibility index (Phi) is 2.71. The van der Waals surface area contributed by atoms with E-state index in [9.17, 15) is 4.79 Å². The molecule has 1 N–H and O–H groups in total. The summed E-state index contributed by atoms with van der Waals surface area (Å²) in [5.41, 5.74) is -0.291. The molecule has 0 radical (unpaired) electrons. The number of carbonyl (C=O) groups excluding carboxylic acids is 1. The van der Waals surface area contributed by atoms with Crippen molar-refractivity contribution in [1.82, 2.24) is 5.32 Å². The van der Waals surface area contributed by atoms with Crippen LogP contribution in [-0.2, 0) is 9.53 Å². The van der Waals surface area contributed by atoms with Gasteiger partial charge in [-0.2, -0.15) is 0 Å². The van der Waals surface area contributed by atoms with Crippen molar-refractivity contribution in [2.75, 3.05) is 19.1 Å². The van der Waals surface area contributed by atoms with Crippen LogP contribution in [0.25, 0.3) is 0 Å². The summed E-state index contributed by atoms with van der Waals surface area (Å²) in [5, 5.41) is 3.04. The second kappa shape index (κ2) is 3.70. The van der Waals surface area contributed by atoms with Crippen LogP contribution >= 0.6 is 11.6 Å². The molecule has 3 unspecified atom stereocenters. The second-order valence-corrected chi connectivity index (χ2v) is 4.79. The van der Waals surface area contributed by atoms with Gasteiger partial charge in [-0.1, -0.05) is 6.92 Å². The first-order valence-corrected chi connectivity index (χ1v) is 5.66. The molecular formula is C10H16ClNO2. The maximum absolute atomic E-state index is 11.7. The van der Waals surface area contributed by atoms with Gasteiger partial charge in [0.15, 0.2) is 0 Å². The number of alkyl halides is 1. The Bertz CT molecular complexity index is 238. The Labute approximate surface area is 89.1 Å². The number of amides is 1. The lowest BCUT2D eigenvalue weighted by Crippen LogP contribution is -2.51. The third kappa shape index (κ3) is 1.89. The fraction of sp³-hybridized carbons (Fsp3) is 0.900. The van der Waals surface area contributed by atoms with E-state index in [-0.39, 0.29) is 17.4 Å². The quantitative estimate of drug-likeness (QED) is 0.721. The monoisotopic (exact) mass is 217 g/mol. The summed E-state index contributed by atoms with van der Waals surface area (Å²) < 4.78 is 5.28. The third-order valence-corrected chi connectivity index (χ3v) is 3.71. The van der Waals surface area contributed by atoms with Gasteiger partial charge in [0.25, 0.3) is 0 Å². The Morgan fingerprint density at radius 3 is 2.86 bits per heavy atom. The van der Waals surface area contributed by atoms with Crippen LogP contribution in [0.15, 0.2) is 0 Å². The van der Waals surface area contributed by atoms with Crippen LogP contribution in [0.3, 0.4) is 0 Å². The van der Waals surface area contributed by atoms with Gasteiger partial charge < -0.3 is 10.1 Å². The SMILES string of the molecule is CC1CC1C(=O)NC1(CCl)CCOC1. The lowest BCUT2D eigenvalue weighted by atomic mass is 10.0. The summed E-state index contributed by atoms with van der Waals surface area (Å²) in [6.45, 7) is 3.36. The molecule has 1 amide bonds. The lowest BCUT2D eigenvalue weighted by molar-refractivity contribution is -0.124. The molecule has 2 fully saturated rings. The Morgan fingerprint density at radius 2 is 2.43 bits per heavy atom. The van der Waals surface area contributed by atoms with Crippen molar-refractivity contribution in [3.05, 3.63) is 0 Å². The van der Waals surface area contributed by atoms with Gasteiger partial charge in [0, 0.05) is 18.4 Å². The van der Waals surface area contributed by atoms with E-state index in [2.05, 4.69) is 12.2 Å². The van der Waals surface area contributed by atoms with E-state index in [1.807, 2.05) is 0 Å². The van der Waals surface area contributed by atoms with Crippen molar-refractivity contribution >= 4 is 17.5 Å². The van der Waals surface area contributed by atoms with Crippen LogP contribution in [0.2, 0.25) is 0 Å². The van der Waals surface area contributed by atoms with Crippen molar-refractivity contribution in [3.8, 4) is 0 Å². The van der Waals surface area contributed by atoms with Gasteiger partial charge in [0.1, 0.15) is 0 Å². The first kappa shape index (κ1) is 10.2.